The molecule has 7 heteroatoms. The second-order valence-corrected chi connectivity index (χ2v) is 6.05. The first-order valence-electron chi connectivity index (χ1n) is 5.85. The molecule has 0 aromatic heterocycles. The van der Waals surface area contributed by atoms with Gasteiger partial charge in [0, 0.05) is 13.0 Å². The number of carbonyl (C=O) groups is 1. The molecular formula is C12H17FN2O3S. The molecule has 0 aliphatic heterocycles. The first-order valence-corrected chi connectivity index (χ1v) is 7.50. The van der Waals surface area contributed by atoms with Gasteiger partial charge in [-0.15, -0.1) is 0 Å². The summed E-state index contributed by atoms with van der Waals surface area (Å²) in [4.78, 5) is 11.5. The number of hydrogen-bond acceptors (Lipinski definition) is 3. The van der Waals surface area contributed by atoms with Crippen molar-refractivity contribution < 1.29 is 17.6 Å². The van der Waals surface area contributed by atoms with Gasteiger partial charge in [0.15, 0.2) is 0 Å². The molecule has 5 nitrogen and oxygen atoms in total. The largest absolute Gasteiger partial charge is 0.355 e. The highest BCUT2D eigenvalue weighted by molar-refractivity contribution is 7.89. The summed E-state index contributed by atoms with van der Waals surface area (Å²) in [5, 5.41) is 2.52. The predicted octanol–water partition coefficient (Wildman–Crippen LogP) is 0.424. The highest BCUT2D eigenvalue weighted by Gasteiger charge is 2.08. The van der Waals surface area contributed by atoms with Crippen LogP contribution in [0.1, 0.15) is 12.0 Å². The summed E-state index contributed by atoms with van der Waals surface area (Å²) in [7, 11) is -1.97. The van der Waals surface area contributed by atoms with E-state index in [0.29, 0.717) is 6.42 Å². The Morgan fingerprint density at radius 3 is 2.47 bits per heavy atom. The maximum absolute atomic E-state index is 12.7. The Balaban J connectivity index is 2.27. The van der Waals surface area contributed by atoms with E-state index in [4.69, 9.17) is 0 Å². The molecule has 19 heavy (non-hydrogen) atoms. The SMILES string of the molecule is CNS(=O)(=O)CCNC(=O)CCc1ccc(F)cc1. The number of nitrogens with one attached hydrogen (secondary N) is 2. The zero-order valence-electron chi connectivity index (χ0n) is 10.6. The molecule has 0 bridgehead atoms. The average molecular weight is 288 g/mol. The monoisotopic (exact) mass is 288 g/mol. The zero-order chi connectivity index (χ0) is 14.3. The van der Waals surface area contributed by atoms with Gasteiger partial charge in [-0.2, -0.15) is 0 Å². The first kappa shape index (κ1) is 15.6. The van der Waals surface area contributed by atoms with Gasteiger partial charge in [0.2, 0.25) is 15.9 Å². The van der Waals surface area contributed by atoms with E-state index >= 15 is 0 Å². The second kappa shape index (κ2) is 7.20. The first-order chi connectivity index (χ1) is 8.93. The van der Waals surface area contributed by atoms with Gasteiger partial charge in [-0.25, -0.2) is 17.5 Å². The number of carbonyl (C=O) groups excluding carboxylic acids is 1. The van der Waals surface area contributed by atoms with Crippen LogP contribution in [0.15, 0.2) is 24.3 Å². The van der Waals surface area contributed by atoms with Crippen molar-refractivity contribution in [1.82, 2.24) is 10.0 Å². The fourth-order valence-corrected chi connectivity index (χ4v) is 2.00. The topological polar surface area (TPSA) is 75.3 Å². The lowest BCUT2D eigenvalue weighted by atomic mass is 10.1. The van der Waals surface area contributed by atoms with Gasteiger partial charge in [-0.05, 0) is 31.2 Å². The summed E-state index contributed by atoms with van der Waals surface area (Å²) in [6.07, 6.45) is 0.732. The van der Waals surface area contributed by atoms with Gasteiger partial charge < -0.3 is 5.32 Å². The Kier molecular flexibility index (Phi) is 5.91. The number of amides is 1. The third-order valence-electron chi connectivity index (χ3n) is 2.56. The second-order valence-electron chi connectivity index (χ2n) is 4.00. The van der Waals surface area contributed by atoms with Gasteiger partial charge >= 0.3 is 0 Å². The fraction of sp³-hybridized carbons (Fsp3) is 0.417. The van der Waals surface area contributed by atoms with E-state index in [1.807, 2.05) is 0 Å². The summed E-state index contributed by atoms with van der Waals surface area (Å²) in [5.74, 6) is -0.688. The maximum Gasteiger partial charge on any atom is 0.220 e. The molecule has 0 aliphatic rings. The van der Waals surface area contributed by atoms with Gasteiger partial charge in [0.05, 0.1) is 5.75 Å². The number of halogens is 1. The van der Waals surface area contributed by atoms with Crippen LogP contribution >= 0.6 is 0 Å². The fourth-order valence-electron chi connectivity index (χ4n) is 1.42. The molecule has 0 spiro atoms. The minimum Gasteiger partial charge on any atom is -0.355 e. The van der Waals surface area contributed by atoms with Crippen molar-refractivity contribution >= 4 is 15.9 Å². The number of sulfonamides is 1. The highest BCUT2D eigenvalue weighted by Crippen LogP contribution is 2.05. The molecule has 1 aromatic rings. The summed E-state index contributed by atoms with van der Waals surface area (Å²) >= 11 is 0. The van der Waals surface area contributed by atoms with Gasteiger partial charge in [-0.1, -0.05) is 12.1 Å². The normalized spacial score (nSPS) is 11.3. The zero-order valence-corrected chi connectivity index (χ0v) is 11.5. The molecule has 1 aromatic carbocycles. The minimum atomic E-state index is -3.29. The highest BCUT2D eigenvalue weighted by atomic mass is 32.2. The Bertz CT molecular complexity index is 514. The molecule has 0 saturated carbocycles. The average Bonchev–Trinajstić information content (AvgIpc) is 2.38. The number of benzene rings is 1. The molecule has 2 N–H and O–H groups in total. The number of rotatable bonds is 7. The lowest BCUT2D eigenvalue weighted by Crippen LogP contribution is -2.33. The van der Waals surface area contributed by atoms with E-state index in [9.17, 15) is 17.6 Å². The molecule has 0 aliphatic carbocycles. The van der Waals surface area contributed by atoms with Crippen molar-refractivity contribution in [2.75, 3.05) is 19.3 Å². The van der Waals surface area contributed by atoms with Crippen molar-refractivity contribution in [2.45, 2.75) is 12.8 Å². The molecule has 1 rings (SSSR count). The van der Waals surface area contributed by atoms with E-state index in [2.05, 4.69) is 10.0 Å². The summed E-state index contributed by atoms with van der Waals surface area (Å²) in [5.41, 5.74) is 0.861. The van der Waals surface area contributed by atoms with E-state index in [1.54, 1.807) is 12.1 Å². The molecular weight excluding hydrogens is 271 g/mol. The van der Waals surface area contributed by atoms with Gasteiger partial charge in [0.25, 0.3) is 0 Å². The van der Waals surface area contributed by atoms with Crippen LogP contribution in [-0.2, 0) is 21.2 Å². The van der Waals surface area contributed by atoms with Crippen LogP contribution < -0.4 is 10.0 Å². The van der Waals surface area contributed by atoms with Crippen molar-refractivity contribution in [3.63, 3.8) is 0 Å². The lowest BCUT2D eigenvalue weighted by molar-refractivity contribution is -0.120. The predicted molar refractivity (Wildman–Crippen MR) is 70.6 cm³/mol. The van der Waals surface area contributed by atoms with E-state index in [1.165, 1.54) is 19.2 Å². The van der Waals surface area contributed by atoms with Crippen LogP contribution in [0.5, 0.6) is 0 Å². The summed E-state index contributed by atoms with van der Waals surface area (Å²) in [6, 6.07) is 5.92. The minimum absolute atomic E-state index is 0.0748. The third-order valence-corrected chi connectivity index (χ3v) is 3.92. The Morgan fingerprint density at radius 2 is 1.89 bits per heavy atom. The van der Waals surface area contributed by atoms with Crippen LogP contribution in [0.3, 0.4) is 0 Å². The molecule has 0 saturated heterocycles. The van der Waals surface area contributed by atoms with Crippen molar-refractivity contribution in [2.24, 2.45) is 0 Å². The molecule has 0 radical (unpaired) electrons. The smallest absolute Gasteiger partial charge is 0.220 e. The Hall–Kier alpha value is -1.47. The van der Waals surface area contributed by atoms with E-state index < -0.39 is 10.0 Å². The van der Waals surface area contributed by atoms with Crippen molar-refractivity contribution in [3.8, 4) is 0 Å². The summed E-state index contributed by atoms with van der Waals surface area (Å²) in [6.45, 7) is 0.0748. The van der Waals surface area contributed by atoms with E-state index in [-0.39, 0.29) is 30.4 Å². The van der Waals surface area contributed by atoms with Gasteiger partial charge in [0.1, 0.15) is 5.82 Å². The number of aryl methyl sites for hydroxylation is 1. The molecule has 0 fully saturated rings. The van der Waals surface area contributed by atoms with Crippen LogP contribution in [0.2, 0.25) is 0 Å². The molecule has 0 heterocycles. The van der Waals surface area contributed by atoms with Crippen molar-refractivity contribution in [1.29, 1.82) is 0 Å². The standard InChI is InChI=1S/C12H17FN2O3S/c1-14-19(17,18)9-8-15-12(16)7-4-10-2-5-11(13)6-3-10/h2-3,5-6,14H,4,7-9H2,1H3,(H,15,16). The molecule has 0 atom stereocenters. The maximum atomic E-state index is 12.7. The van der Waals surface area contributed by atoms with Crippen molar-refractivity contribution in [3.05, 3.63) is 35.6 Å². The van der Waals surface area contributed by atoms with Crippen LogP contribution in [0.4, 0.5) is 4.39 Å². The summed E-state index contributed by atoms with van der Waals surface area (Å²) < 4.78 is 37.0. The Morgan fingerprint density at radius 1 is 1.26 bits per heavy atom. The van der Waals surface area contributed by atoms with Gasteiger partial charge in [-0.3, -0.25) is 4.79 Å². The Labute approximate surface area is 112 Å². The third kappa shape index (κ3) is 6.30. The number of hydrogen-bond donors (Lipinski definition) is 2. The lowest BCUT2D eigenvalue weighted by Gasteiger charge is -2.05. The van der Waals surface area contributed by atoms with Crippen LogP contribution in [0, 0.1) is 5.82 Å². The molecule has 106 valence electrons. The molecule has 0 unspecified atom stereocenters. The van der Waals surface area contributed by atoms with Crippen LogP contribution in [0.25, 0.3) is 0 Å². The van der Waals surface area contributed by atoms with Crippen LogP contribution in [-0.4, -0.2) is 33.7 Å². The quantitative estimate of drug-likeness (QED) is 0.763. The molecule has 1 amide bonds. The van der Waals surface area contributed by atoms with E-state index in [0.717, 1.165) is 5.56 Å².